The van der Waals surface area contributed by atoms with Gasteiger partial charge >= 0.3 is 0 Å². The second-order valence-corrected chi connectivity index (χ2v) is 7.12. The van der Waals surface area contributed by atoms with Crippen LogP contribution in [0.25, 0.3) is 11.0 Å². The van der Waals surface area contributed by atoms with Crippen molar-refractivity contribution in [3.8, 4) is 0 Å². The van der Waals surface area contributed by atoms with E-state index in [1.54, 1.807) is 0 Å². The first-order chi connectivity index (χ1) is 12.2. The van der Waals surface area contributed by atoms with Gasteiger partial charge in [-0.05, 0) is 30.5 Å². The molecule has 5 heteroatoms. The van der Waals surface area contributed by atoms with E-state index in [-0.39, 0.29) is 0 Å². The number of likely N-dealkylation sites (tertiary alicyclic amines) is 1. The van der Waals surface area contributed by atoms with Crippen molar-refractivity contribution in [3.05, 3.63) is 54.4 Å². The number of fused-ring (bicyclic) bond motifs is 1. The van der Waals surface area contributed by atoms with Gasteiger partial charge in [0.2, 0.25) is 5.95 Å². The molecule has 130 valence electrons. The van der Waals surface area contributed by atoms with Gasteiger partial charge < -0.3 is 9.88 Å². The molecular weight excluding hydrogens is 310 g/mol. The van der Waals surface area contributed by atoms with Crippen LogP contribution in [0.4, 0.5) is 5.95 Å². The second kappa shape index (κ2) is 6.84. The van der Waals surface area contributed by atoms with Crippen LogP contribution in [0.15, 0.2) is 48.8 Å². The minimum Gasteiger partial charge on any atom is -0.346 e. The quantitative estimate of drug-likeness (QED) is 0.795. The van der Waals surface area contributed by atoms with Gasteiger partial charge in [-0.3, -0.25) is 4.90 Å². The highest BCUT2D eigenvalue weighted by molar-refractivity contribution is 5.75. The number of nitrogens with zero attached hydrogens (tertiary/aromatic N) is 4. The van der Waals surface area contributed by atoms with Gasteiger partial charge in [0.1, 0.15) is 5.65 Å². The van der Waals surface area contributed by atoms with E-state index in [4.69, 9.17) is 4.98 Å². The average molecular weight is 335 g/mol. The lowest BCUT2D eigenvalue weighted by Gasteiger charge is -2.41. The Balaban J connectivity index is 1.50. The summed E-state index contributed by atoms with van der Waals surface area (Å²) in [4.78, 5) is 17.2. The molecule has 0 spiro atoms. The van der Waals surface area contributed by atoms with E-state index < -0.39 is 0 Å². The Bertz CT molecular complexity index is 828. The number of benzene rings is 1. The lowest BCUT2D eigenvalue weighted by atomic mass is 9.92. The topological polar surface area (TPSA) is 48.0 Å². The number of hydrogen-bond donors (Lipinski definition) is 1. The van der Waals surface area contributed by atoms with Crippen LogP contribution in [0.3, 0.4) is 0 Å². The fourth-order valence-corrected chi connectivity index (χ4v) is 3.75. The van der Waals surface area contributed by atoms with E-state index in [9.17, 15) is 0 Å². The number of likely N-dealkylation sites (N-methyl/N-ethyl adjacent to an activating group) is 1. The van der Waals surface area contributed by atoms with Gasteiger partial charge in [-0.2, -0.15) is 4.98 Å². The van der Waals surface area contributed by atoms with Gasteiger partial charge in [-0.15, -0.1) is 0 Å². The molecule has 1 aliphatic rings. The molecule has 0 saturated carbocycles. The van der Waals surface area contributed by atoms with E-state index >= 15 is 0 Å². The lowest BCUT2D eigenvalue weighted by molar-refractivity contribution is 0.158. The van der Waals surface area contributed by atoms with E-state index in [1.807, 2.05) is 18.5 Å². The van der Waals surface area contributed by atoms with Crippen molar-refractivity contribution in [2.75, 3.05) is 25.0 Å². The summed E-state index contributed by atoms with van der Waals surface area (Å²) in [5.74, 6) is 1.42. The van der Waals surface area contributed by atoms with Gasteiger partial charge in [0.25, 0.3) is 0 Å². The van der Waals surface area contributed by atoms with E-state index in [0.717, 1.165) is 36.6 Å². The molecule has 0 radical (unpaired) electrons. The molecule has 0 aliphatic carbocycles. The predicted octanol–water partition coefficient (Wildman–Crippen LogP) is 3.30. The van der Waals surface area contributed by atoms with Crippen LogP contribution in [-0.4, -0.2) is 46.0 Å². The summed E-state index contributed by atoms with van der Waals surface area (Å²) in [6, 6.07) is 13.1. The Morgan fingerprint density at radius 3 is 2.92 bits per heavy atom. The molecule has 1 fully saturated rings. The van der Waals surface area contributed by atoms with Crippen molar-refractivity contribution in [1.82, 2.24) is 19.9 Å². The minimum atomic E-state index is 0.421. The molecule has 1 aromatic carbocycles. The van der Waals surface area contributed by atoms with E-state index in [1.165, 1.54) is 12.0 Å². The fraction of sp³-hybridized carbons (Fsp3) is 0.400. The third-order valence-electron chi connectivity index (χ3n) is 5.35. The highest BCUT2D eigenvalue weighted by atomic mass is 15.3. The maximum atomic E-state index is 4.69. The van der Waals surface area contributed by atoms with Crippen LogP contribution < -0.4 is 4.90 Å². The summed E-state index contributed by atoms with van der Waals surface area (Å²) < 4.78 is 0. The van der Waals surface area contributed by atoms with Crippen molar-refractivity contribution in [1.29, 1.82) is 0 Å². The first-order valence-electron chi connectivity index (χ1n) is 9.00. The van der Waals surface area contributed by atoms with Crippen molar-refractivity contribution in [2.45, 2.75) is 25.9 Å². The molecule has 1 aliphatic heterocycles. The molecule has 4 rings (SSSR count). The molecule has 0 bridgehead atoms. The molecule has 1 saturated heterocycles. The maximum absolute atomic E-state index is 4.69. The summed E-state index contributed by atoms with van der Waals surface area (Å²) in [6.45, 7) is 5.54. The largest absolute Gasteiger partial charge is 0.346 e. The maximum Gasteiger partial charge on any atom is 0.227 e. The van der Waals surface area contributed by atoms with Crippen molar-refractivity contribution >= 4 is 17.0 Å². The van der Waals surface area contributed by atoms with Crippen molar-refractivity contribution in [2.24, 2.45) is 5.92 Å². The number of hydrogen-bond acceptors (Lipinski definition) is 4. The van der Waals surface area contributed by atoms with Crippen LogP contribution in [0.1, 0.15) is 18.9 Å². The summed E-state index contributed by atoms with van der Waals surface area (Å²) in [5, 5.41) is 1.06. The molecule has 2 atom stereocenters. The Kier molecular flexibility index (Phi) is 4.40. The molecule has 3 heterocycles. The number of rotatable bonds is 4. The zero-order valence-corrected chi connectivity index (χ0v) is 14.9. The third kappa shape index (κ3) is 3.37. The smallest absolute Gasteiger partial charge is 0.227 e. The van der Waals surface area contributed by atoms with Crippen molar-refractivity contribution in [3.63, 3.8) is 0 Å². The number of H-pyrrole nitrogens is 1. The van der Waals surface area contributed by atoms with Gasteiger partial charge in [-0.1, -0.05) is 37.3 Å². The van der Waals surface area contributed by atoms with Crippen LogP contribution in [0.5, 0.6) is 0 Å². The number of nitrogens with one attached hydrogen (secondary N) is 1. The molecule has 2 aromatic heterocycles. The third-order valence-corrected chi connectivity index (χ3v) is 5.35. The van der Waals surface area contributed by atoms with Gasteiger partial charge in [0.15, 0.2) is 0 Å². The summed E-state index contributed by atoms with van der Waals surface area (Å²) in [7, 11) is 2.12. The monoisotopic (exact) mass is 335 g/mol. The summed E-state index contributed by atoms with van der Waals surface area (Å²) in [6.07, 6.45) is 5.01. The molecule has 3 aromatic rings. The summed E-state index contributed by atoms with van der Waals surface area (Å²) in [5.41, 5.74) is 2.28. The van der Waals surface area contributed by atoms with E-state index in [2.05, 4.69) is 64.1 Å². The fourth-order valence-electron chi connectivity index (χ4n) is 3.75. The molecule has 0 unspecified atom stereocenters. The molecule has 0 amide bonds. The molecule has 25 heavy (non-hydrogen) atoms. The molecule has 1 N–H and O–H groups in total. The Labute approximate surface area is 148 Å². The Morgan fingerprint density at radius 1 is 1.24 bits per heavy atom. The standard InChI is InChI=1S/C20H25N5/c1-15-9-11-25(13-16-6-4-3-5-7-16)14-18(15)24(2)20-22-12-17-8-10-21-19(17)23-20/h3-8,10,12,15,18H,9,11,13-14H2,1-2H3,(H,21,22,23)/t15-,18+/m1/s1. The lowest BCUT2D eigenvalue weighted by Crippen LogP contribution is -2.51. The predicted molar refractivity (Wildman–Crippen MR) is 102 cm³/mol. The SMILES string of the molecule is C[C@@H]1CCN(Cc2ccccc2)C[C@@H]1N(C)c1ncc2cc[nH]c2n1. The first kappa shape index (κ1) is 16.1. The van der Waals surface area contributed by atoms with Crippen LogP contribution >= 0.6 is 0 Å². The van der Waals surface area contributed by atoms with Crippen molar-refractivity contribution < 1.29 is 0 Å². The molecule has 5 nitrogen and oxygen atoms in total. The van der Waals surface area contributed by atoms with Gasteiger partial charge in [-0.25, -0.2) is 4.98 Å². The zero-order valence-electron chi connectivity index (χ0n) is 14.9. The number of aromatic amines is 1. The highest BCUT2D eigenvalue weighted by Crippen LogP contribution is 2.25. The first-order valence-corrected chi connectivity index (χ1v) is 9.00. The highest BCUT2D eigenvalue weighted by Gasteiger charge is 2.30. The number of anilines is 1. The van der Waals surface area contributed by atoms with Crippen LogP contribution in [0.2, 0.25) is 0 Å². The van der Waals surface area contributed by atoms with E-state index in [0.29, 0.717) is 12.0 Å². The van der Waals surface area contributed by atoms with Gasteiger partial charge in [0.05, 0.1) is 0 Å². The summed E-state index contributed by atoms with van der Waals surface area (Å²) >= 11 is 0. The Hall–Kier alpha value is -2.40. The minimum absolute atomic E-state index is 0.421. The van der Waals surface area contributed by atoms with Gasteiger partial charge in [0, 0.05) is 44.0 Å². The van der Waals surface area contributed by atoms with Crippen LogP contribution in [-0.2, 0) is 6.54 Å². The number of aromatic nitrogens is 3. The normalized spacial score (nSPS) is 21.5. The average Bonchev–Trinajstić information content (AvgIpc) is 3.11. The second-order valence-electron chi connectivity index (χ2n) is 7.12. The zero-order chi connectivity index (χ0) is 17.2. The molecular formula is C20H25N5. The Morgan fingerprint density at radius 2 is 2.08 bits per heavy atom. The van der Waals surface area contributed by atoms with Crippen LogP contribution in [0, 0.1) is 5.92 Å². The number of piperidine rings is 1.